The van der Waals surface area contributed by atoms with E-state index in [1.54, 1.807) is 19.4 Å². The Morgan fingerprint density at radius 3 is 2.71 bits per heavy atom. The summed E-state index contributed by atoms with van der Waals surface area (Å²) in [5.41, 5.74) is 3.99. The number of phenols is 1. The number of hydrogen-bond donors (Lipinski definition) is 1. The minimum absolute atomic E-state index is 0.141. The molecule has 4 aromatic rings. The normalized spacial score (nSPS) is 16.6. The largest absolute Gasteiger partial charge is 0.507 e. The van der Waals surface area contributed by atoms with Crippen molar-refractivity contribution in [2.75, 3.05) is 13.7 Å². The van der Waals surface area contributed by atoms with E-state index in [0.717, 1.165) is 48.1 Å². The van der Waals surface area contributed by atoms with E-state index < -0.39 is 5.63 Å². The topological polar surface area (TPSA) is 75.8 Å². The molecule has 34 heavy (non-hydrogen) atoms. The van der Waals surface area contributed by atoms with E-state index in [2.05, 4.69) is 16.0 Å². The second-order valence-corrected chi connectivity index (χ2v) is 8.83. The molecule has 1 aliphatic heterocycles. The summed E-state index contributed by atoms with van der Waals surface area (Å²) in [5.74, 6) is 0.867. The molecule has 0 amide bonds. The molecule has 0 aliphatic carbocycles. The van der Waals surface area contributed by atoms with Crippen molar-refractivity contribution in [3.8, 4) is 22.6 Å². The smallest absolute Gasteiger partial charge is 0.344 e. The number of ether oxygens (including phenoxy) is 1. The molecule has 6 heteroatoms. The third-order valence-electron chi connectivity index (χ3n) is 6.84. The van der Waals surface area contributed by atoms with Crippen LogP contribution >= 0.6 is 0 Å². The third kappa shape index (κ3) is 4.05. The monoisotopic (exact) mass is 456 g/mol. The lowest BCUT2D eigenvalue weighted by Gasteiger charge is -2.36. The van der Waals surface area contributed by atoms with Gasteiger partial charge in [-0.3, -0.25) is 9.88 Å². The zero-order valence-corrected chi connectivity index (χ0v) is 19.5. The number of nitrogens with zero attached hydrogens (tertiary/aromatic N) is 2. The number of phenolic OH excluding ortho intramolecular Hbond substituents is 1. The molecule has 0 radical (unpaired) electrons. The fraction of sp³-hybridized carbons (Fsp3) is 0.286. The van der Waals surface area contributed by atoms with E-state index in [9.17, 15) is 9.90 Å². The van der Waals surface area contributed by atoms with Gasteiger partial charge in [0.05, 0.1) is 18.2 Å². The number of piperidine rings is 1. The summed E-state index contributed by atoms with van der Waals surface area (Å²) in [4.78, 5) is 19.8. The van der Waals surface area contributed by atoms with Gasteiger partial charge in [0.25, 0.3) is 0 Å². The van der Waals surface area contributed by atoms with Crippen LogP contribution in [0.5, 0.6) is 11.5 Å². The molecule has 6 nitrogen and oxygen atoms in total. The highest BCUT2D eigenvalue weighted by Crippen LogP contribution is 2.37. The number of fused-ring (bicyclic) bond motifs is 1. The molecule has 1 aliphatic rings. The van der Waals surface area contributed by atoms with Crippen LogP contribution in [0, 0.1) is 6.92 Å². The maximum absolute atomic E-state index is 13.1. The van der Waals surface area contributed by atoms with E-state index in [0.29, 0.717) is 23.3 Å². The molecule has 0 bridgehead atoms. The molecule has 3 heterocycles. The van der Waals surface area contributed by atoms with Gasteiger partial charge in [-0.05, 0) is 73.3 Å². The quantitative estimate of drug-likeness (QED) is 0.394. The van der Waals surface area contributed by atoms with Crippen LogP contribution in [0.1, 0.15) is 42.0 Å². The van der Waals surface area contributed by atoms with Gasteiger partial charge in [-0.25, -0.2) is 4.79 Å². The third-order valence-corrected chi connectivity index (χ3v) is 6.84. The van der Waals surface area contributed by atoms with Crippen molar-refractivity contribution in [1.82, 2.24) is 9.88 Å². The van der Waals surface area contributed by atoms with E-state index >= 15 is 0 Å². The lowest BCUT2D eigenvalue weighted by molar-refractivity contribution is 0.139. The fourth-order valence-corrected chi connectivity index (χ4v) is 5.04. The van der Waals surface area contributed by atoms with Gasteiger partial charge in [-0.2, -0.15) is 0 Å². The van der Waals surface area contributed by atoms with E-state index in [4.69, 9.17) is 9.15 Å². The van der Waals surface area contributed by atoms with Crippen LogP contribution in [0.2, 0.25) is 0 Å². The second kappa shape index (κ2) is 9.31. The number of methoxy groups -OCH3 is 1. The summed E-state index contributed by atoms with van der Waals surface area (Å²) in [6.07, 6.45) is 6.97. The maximum atomic E-state index is 13.1. The highest BCUT2D eigenvalue weighted by molar-refractivity contribution is 5.89. The summed E-state index contributed by atoms with van der Waals surface area (Å²) in [6.45, 7) is 3.33. The van der Waals surface area contributed by atoms with Crippen LogP contribution in [0.15, 0.2) is 70.1 Å². The Labute approximate surface area is 198 Å². The predicted octanol–water partition coefficient (Wildman–Crippen LogP) is 5.60. The molecule has 2 aromatic carbocycles. The van der Waals surface area contributed by atoms with Gasteiger partial charge in [0.1, 0.15) is 17.1 Å². The van der Waals surface area contributed by atoms with Crippen molar-refractivity contribution in [2.45, 2.75) is 38.8 Å². The first-order chi connectivity index (χ1) is 16.6. The van der Waals surface area contributed by atoms with E-state index in [-0.39, 0.29) is 11.8 Å². The first-order valence-electron chi connectivity index (χ1n) is 11.6. The number of aromatic nitrogens is 1. The van der Waals surface area contributed by atoms with E-state index in [1.807, 2.05) is 49.5 Å². The average molecular weight is 457 g/mol. The minimum atomic E-state index is -0.413. The van der Waals surface area contributed by atoms with Crippen molar-refractivity contribution in [3.63, 3.8) is 0 Å². The Hall–Kier alpha value is -3.64. The number of rotatable bonds is 5. The van der Waals surface area contributed by atoms with Crippen molar-refractivity contribution < 1.29 is 14.3 Å². The molecule has 1 saturated heterocycles. The summed E-state index contributed by atoms with van der Waals surface area (Å²) in [6, 6.07) is 15.2. The number of pyridine rings is 1. The lowest BCUT2D eigenvalue weighted by atomic mass is 9.94. The molecule has 0 spiro atoms. The van der Waals surface area contributed by atoms with Crippen LogP contribution in [-0.4, -0.2) is 28.6 Å². The Morgan fingerprint density at radius 1 is 1.15 bits per heavy atom. The predicted molar refractivity (Wildman–Crippen MR) is 132 cm³/mol. The van der Waals surface area contributed by atoms with Gasteiger partial charge in [-0.15, -0.1) is 0 Å². The Kier molecular flexibility index (Phi) is 6.07. The SMILES string of the molecule is COc1ccc(-c2c(C)c3ccc(O)c(CN4CCCC[C@H]4c4cccnc4)c3oc2=O)cc1. The van der Waals surface area contributed by atoms with Gasteiger partial charge < -0.3 is 14.3 Å². The zero-order chi connectivity index (χ0) is 23.7. The molecule has 1 N–H and O–H groups in total. The van der Waals surface area contributed by atoms with Crippen molar-refractivity contribution >= 4 is 11.0 Å². The number of hydrogen-bond acceptors (Lipinski definition) is 6. The van der Waals surface area contributed by atoms with Crippen LogP contribution in [0.25, 0.3) is 22.1 Å². The summed E-state index contributed by atoms with van der Waals surface area (Å²) < 4.78 is 11.1. The summed E-state index contributed by atoms with van der Waals surface area (Å²) in [7, 11) is 1.61. The number of likely N-dealkylation sites (tertiary alicyclic amines) is 1. The Balaban J connectivity index is 1.58. The molecule has 0 saturated carbocycles. The van der Waals surface area contributed by atoms with Crippen LogP contribution < -0.4 is 10.4 Å². The van der Waals surface area contributed by atoms with Gasteiger partial charge in [0.2, 0.25) is 0 Å². The summed E-state index contributed by atoms with van der Waals surface area (Å²) >= 11 is 0. The molecular weight excluding hydrogens is 428 g/mol. The van der Waals surface area contributed by atoms with Crippen LogP contribution in [0.4, 0.5) is 0 Å². The van der Waals surface area contributed by atoms with Crippen LogP contribution in [-0.2, 0) is 6.54 Å². The maximum Gasteiger partial charge on any atom is 0.344 e. The zero-order valence-electron chi connectivity index (χ0n) is 19.5. The molecule has 0 unspecified atom stereocenters. The molecule has 5 rings (SSSR count). The standard InChI is InChI=1S/C28H28N2O4/c1-18-22-12-13-25(31)23(17-30-15-4-3-7-24(30)20-6-5-14-29-16-20)27(22)34-28(32)26(18)19-8-10-21(33-2)11-9-19/h5-6,8-14,16,24,31H,3-4,7,15,17H2,1-2H3/t24-/m0/s1. The van der Waals surface area contributed by atoms with Gasteiger partial charge in [-0.1, -0.05) is 24.6 Å². The highest BCUT2D eigenvalue weighted by atomic mass is 16.5. The molecule has 174 valence electrons. The minimum Gasteiger partial charge on any atom is -0.507 e. The average Bonchev–Trinajstić information content (AvgIpc) is 2.87. The molecule has 1 atom stereocenters. The van der Waals surface area contributed by atoms with Crippen LogP contribution in [0.3, 0.4) is 0 Å². The first-order valence-corrected chi connectivity index (χ1v) is 11.6. The summed E-state index contributed by atoms with van der Waals surface area (Å²) in [5, 5.41) is 11.6. The fourth-order valence-electron chi connectivity index (χ4n) is 5.04. The number of aromatic hydroxyl groups is 1. The van der Waals surface area contributed by atoms with Gasteiger partial charge in [0.15, 0.2) is 0 Å². The van der Waals surface area contributed by atoms with Gasteiger partial charge >= 0.3 is 5.63 Å². The van der Waals surface area contributed by atoms with Gasteiger partial charge in [0, 0.05) is 30.4 Å². The Bertz CT molecular complexity index is 1360. The van der Waals surface area contributed by atoms with Crippen molar-refractivity contribution in [3.05, 3.63) is 88.0 Å². The van der Waals surface area contributed by atoms with Crippen molar-refractivity contribution in [2.24, 2.45) is 0 Å². The first kappa shape index (κ1) is 22.2. The number of benzene rings is 2. The van der Waals surface area contributed by atoms with E-state index in [1.165, 1.54) is 5.56 Å². The molecular formula is C28H28N2O4. The highest BCUT2D eigenvalue weighted by Gasteiger charge is 2.27. The lowest BCUT2D eigenvalue weighted by Crippen LogP contribution is -2.33. The second-order valence-electron chi connectivity index (χ2n) is 8.83. The van der Waals surface area contributed by atoms with Crippen molar-refractivity contribution in [1.29, 1.82) is 0 Å². The number of aryl methyl sites for hydroxylation is 1. The molecule has 1 fully saturated rings. The molecule has 2 aromatic heterocycles. The Morgan fingerprint density at radius 2 is 1.97 bits per heavy atom.